The third-order valence-electron chi connectivity index (χ3n) is 3.74. The van der Waals surface area contributed by atoms with Crippen LogP contribution in [0.15, 0.2) is 30.3 Å². The third kappa shape index (κ3) is 3.34. The zero-order valence-corrected chi connectivity index (χ0v) is 14.1. The number of rotatable bonds is 4. The highest BCUT2D eigenvalue weighted by molar-refractivity contribution is 6.34. The van der Waals surface area contributed by atoms with Gasteiger partial charge in [0.25, 0.3) is 0 Å². The monoisotopic (exact) mass is 323 g/mol. The van der Waals surface area contributed by atoms with Gasteiger partial charge in [0.15, 0.2) is 0 Å². The van der Waals surface area contributed by atoms with Gasteiger partial charge in [-0.25, -0.2) is 0 Å². The summed E-state index contributed by atoms with van der Waals surface area (Å²) >= 11 is 12.6. The molecule has 0 radical (unpaired) electrons. The molecule has 4 heteroatoms. The van der Waals surface area contributed by atoms with Crippen LogP contribution in [-0.4, -0.2) is 14.2 Å². The fourth-order valence-electron chi connectivity index (χ4n) is 2.37. The molecule has 0 bridgehead atoms. The second-order valence-corrected chi connectivity index (χ2v) is 5.89. The van der Waals surface area contributed by atoms with Gasteiger partial charge in [-0.15, -0.1) is 0 Å². The number of halogens is 2. The molecular formula is C17H19Cl2NO. The number of aryl methyl sites for hydroxylation is 2. The molecule has 0 aliphatic carbocycles. The van der Waals surface area contributed by atoms with Gasteiger partial charge in [-0.3, -0.25) is 0 Å². The second-order valence-electron chi connectivity index (χ2n) is 5.07. The van der Waals surface area contributed by atoms with Crippen molar-refractivity contribution in [3.8, 4) is 5.75 Å². The molecular weight excluding hydrogens is 305 g/mol. The van der Waals surface area contributed by atoms with Gasteiger partial charge < -0.3 is 10.1 Å². The third-order valence-corrected chi connectivity index (χ3v) is 4.36. The van der Waals surface area contributed by atoms with Crippen LogP contribution in [0, 0.1) is 13.8 Å². The van der Waals surface area contributed by atoms with E-state index in [1.807, 2.05) is 13.1 Å². The molecule has 21 heavy (non-hydrogen) atoms. The van der Waals surface area contributed by atoms with E-state index < -0.39 is 0 Å². The molecule has 2 rings (SSSR count). The van der Waals surface area contributed by atoms with Gasteiger partial charge in [-0.1, -0.05) is 41.4 Å². The van der Waals surface area contributed by atoms with Crippen LogP contribution in [0.4, 0.5) is 0 Å². The maximum atomic E-state index is 6.40. The van der Waals surface area contributed by atoms with Gasteiger partial charge in [0.2, 0.25) is 0 Å². The Balaban J connectivity index is 2.50. The minimum Gasteiger partial charge on any atom is -0.495 e. The second kappa shape index (κ2) is 6.69. The van der Waals surface area contributed by atoms with Gasteiger partial charge in [0.05, 0.1) is 18.2 Å². The summed E-state index contributed by atoms with van der Waals surface area (Å²) < 4.78 is 5.20. The van der Waals surface area contributed by atoms with Crippen LogP contribution in [0.3, 0.4) is 0 Å². The van der Waals surface area contributed by atoms with E-state index >= 15 is 0 Å². The fourth-order valence-corrected chi connectivity index (χ4v) is 2.88. The van der Waals surface area contributed by atoms with Gasteiger partial charge >= 0.3 is 0 Å². The van der Waals surface area contributed by atoms with E-state index in [4.69, 9.17) is 27.9 Å². The number of nitrogens with one attached hydrogen (secondary N) is 1. The van der Waals surface area contributed by atoms with Crippen molar-refractivity contribution in [2.45, 2.75) is 19.9 Å². The maximum absolute atomic E-state index is 6.40. The summed E-state index contributed by atoms with van der Waals surface area (Å²) in [6.45, 7) is 4.21. The Labute approximate surface area is 136 Å². The van der Waals surface area contributed by atoms with E-state index in [1.54, 1.807) is 13.2 Å². The standard InChI is InChI=1S/C17H19Cl2NO/c1-10-5-6-12(7-11(10)2)17(20-3)13-8-15(19)16(21-4)9-14(13)18/h5-9,17,20H,1-4H3. The van der Waals surface area contributed by atoms with Crippen LogP contribution < -0.4 is 10.1 Å². The van der Waals surface area contributed by atoms with Crippen molar-refractivity contribution in [2.24, 2.45) is 0 Å². The van der Waals surface area contributed by atoms with Crippen molar-refractivity contribution in [1.29, 1.82) is 0 Å². The van der Waals surface area contributed by atoms with Crippen molar-refractivity contribution < 1.29 is 4.74 Å². The molecule has 1 atom stereocenters. The molecule has 0 aromatic heterocycles. The smallest absolute Gasteiger partial charge is 0.138 e. The zero-order valence-electron chi connectivity index (χ0n) is 12.6. The highest BCUT2D eigenvalue weighted by atomic mass is 35.5. The quantitative estimate of drug-likeness (QED) is 0.861. The first-order chi connectivity index (χ1) is 9.97. The summed E-state index contributed by atoms with van der Waals surface area (Å²) in [5.74, 6) is 0.584. The van der Waals surface area contributed by atoms with E-state index in [1.165, 1.54) is 11.1 Å². The summed E-state index contributed by atoms with van der Waals surface area (Å²) in [5, 5.41) is 4.49. The Kier molecular flexibility index (Phi) is 5.15. The number of hydrogen-bond acceptors (Lipinski definition) is 2. The number of ether oxygens (including phenoxy) is 1. The minimum absolute atomic E-state index is 0.0137. The predicted molar refractivity (Wildman–Crippen MR) is 89.8 cm³/mol. The zero-order chi connectivity index (χ0) is 15.6. The lowest BCUT2D eigenvalue weighted by Gasteiger charge is -2.20. The van der Waals surface area contributed by atoms with Crippen molar-refractivity contribution in [2.75, 3.05) is 14.2 Å². The van der Waals surface area contributed by atoms with Gasteiger partial charge in [-0.2, -0.15) is 0 Å². The van der Waals surface area contributed by atoms with Crippen LogP contribution in [0.25, 0.3) is 0 Å². The molecule has 0 heterocycles. The number of methoxy groups -OCH3 is 1. The SMILES string of the molecule is CNC(c1ccc(C)c(C)c1)c1cc(Cl)c(OC)cc1Cl. The lowest BCUT2D eigenvalue weighted by Crippen LogP contribution is -2.18. The maximum Gasteiger partial charge on any atom is 0.138 e. The highest BCUT2D eigenvalue weighted by Crippen LogP contribution is 2.36. The molecule has 0 aliphatic heterocycles. The van der Waals surface area contributed by atoms with E-state index in [2.05, 4.69) is 37.4 Å². The average Bonchev–Trinajstić information content (AvgIpc) is 2.46. The molecule has 0 aliphatic rings. The van der Waals surface area contributed by atoms with Crippen LogP contribution in [0.2, 0.25) is 10.0 Å². The van der Waals surface area contributed by atoms with Gasteiger partial charge in [-0.05, 0) is 49.2 Å². The van der Waals surface area contributed by atoms with Crippen LogP contribution in [0.5, 0.6) is 5.75 Å². The minimum atomic E-state index is -0.0137. The predicted octanol–water partition coefficient (Wildman–Crippen LogP) is 4.93. The summed E-state index contributed by atoms with van der Waals surface area (Å²) in [6.07, 6.45) is 0. The Bertz CT molecular complexity index is 655. The molecule has 0 saturated carbocycles. The van der Waals surface area contributed by atoms with Gasteiger partial charge in [0, 0.05) is 11.1 Å². The summed E-state index contributed by atoms with van der Waals surface area (Å²) in [5.41, 5.74) is 4.62. The molecule has 2 nitrogen and oxygen atoms in total. The van der Waals surface area contributed by atoms with Crippen LogP contribution >= 0.6 is 23.2 Å². The molecule has 1 unspecified atom stereocenters. The normalized spacial score (nSPS) is 12.3. The number of hydrogen-bond donors (Lipinski definition) is 1. The fraction of sp³-hybridized carbons (Fsp3) is 0.294. The van der Waals surface area contributed by atoms with E-state index in [9.17, 15) is 0 Å². The Hall–Kier alpha value is -1.22. The molecule has 1 N–H and O–H groups in total. The first kappa shape index (κ1) is 16.2. The van der Waals surface area contributed by atoms with E-state index in [0.717, 1.165) is 11.1 Å². The molecule has 0 fully saturated rings. The lowest BCUT2D eigenvalue weighted by atomic mass is 9.95. The molecule has 2 aromatic rings. The van der Waals surface area contributed by atoms with Crippen molar-refractivity contribution in [3.63, 3.8) is 0 Å². The Morgan fingerprint density at radius 3 is 2.29 bits per heavy atom. The Morgan fingerprint density at radius 2 is 1.71 bits per heavy atom. The summed E-state index contributed by atoms with van der Waals surface area (Å²) in [7, 11) is 3.49. The first-order valence-corrected chi connectivity index (χ1v) is 7.51. The average molecular weight is 324 g/mol. The number of benzene rings is 2. The van der Waals surface area contributed by atoms with Crippen LogP contribution in [-0.2, 0) is 0 Å². The topological polar surface area (TPSA) is 21.3 Å². The van der Waals surface area contributed by atoms with E-state index in [-0.39, 0.29) is 6.04 Å². The summed E-state index contributed by atoms with van der Waals surface area (Å²) in [6, 6.07) is 10.0. The van der Waals surface area contributed by atoms with Crippen molar-refractivity contribution >= 4 is 23.2 Å². The van der Waals surface area contributed by atoms with Crippen LogP contribution in [0.1, 0.15) is 28.3 Å². The van der Waals surface area contributed by atoms with Crippen molar-refractivity contribution in [1.82, 2.24) is 5.32 Å². The Morgan fingerprint density at radius 1 is 1.00 bits per heavy atom. The lowest BCUT2D eigenvalue weighted by molar-refractivity contribution is 0.415. The van der Waals surface area contributed by atoms with Crippen molar-refractivity contribution in [3.05, 3.63) is 62.6 Å². The molecule has 2 aromatic carbocycles. The molecule has 0 amide bonds. The summed E-state index contributed by atoms with van der Waals surface area (Å²) in [4.78, 5) is 0. The van der Waals surface area contributed by atoms with Gasteiger partial charge in [0.1, 0.15) is 5.75 Å². The highest BCUT2D eigenvalue weighted by Gasteiger charge is 2.18. The molecule has 112 valence electrons. The largest absolute Gasteiger partial charge is 0.495 e. The van der Waals surface area contributed by atoms with E-state index in [0.29, 0.717) is 15.8 Å². The molecule has 0 spiro atoms. The first-order valence-electron chi connectivity index (χ1n) is 6.75. The molecule has 0 saturated heterocycles.